The maximum atomic E-state index is 12.7. The van der Waals surface area contributed by atoms with Gasteiger partial charge in [0.1, 0.15) is 5.65 Å². The van der Waals surface area contributed by atoms with Gasteiger partial charge in [0.05, 0.1) is 29.8 Å². The summed E-state index contributed by atoms with van der Waals surface area (Å²) in [4.78, 5) is 26.3. The maximum Gasteiger partial charge on any atom is 0.417 e. The number of hydrogen-bond donors (Lipinski definition) is 0. The molecule has 5 nitrogen and oxygen atoms in total. The number of carbonyl (C=O) groups excluding carboxylic acids is 2. The lowest BCUT2D eigenvalue weighted by Crippen LogP contribution is -2.07. The van der Waals surface area contributed by atoms with Crippen LogP contribution in [0.3, 0.4) is 0 Å². The number of ether oxygens (including phenoxy) is 1. The van der Waals surface area contributed by atoms with Crippen LogP contribution in [0.1, 0.15) is 28.5 Å². The number of nitrogens with zero attached hydrogens (tertiary/aromatic N) is 2. The van der Waals surface area contributed by atoms with Gasteiger partial charge in [0.25, 0.3) is 0 Å². The Bertz CT molecular complexity index is 692. The number of hydrogen-bond acceptors (Lipinski definition) is 4. The van der Waals surface area contributed by atoms with Crippen molar-refractivity contribution in [2.24, 2.45) is 0 Å². The van der Waals surface area contributed by atoms with E-state index in [4.69, 9.17) is 4.74 Å². The molecule has 0 unspecified atom stereocenters. The highest BCUT2D eigenvalue weighted by Crippen LogP contribution is 2.30. The maximum absolute atomic E-state index is 12.7. The van der Waals surface area contributed by atoms with Gasteiger partial charge in [-0.05, 0) is 13.0 Å². The third-order valence-electron chi connectivity index (χ3n) is 2.71. The number of halogens is 3. The van der Waals surface area contributed by atoms with Crippen LogP contribution < -0.4 is 0 Å². The number of aldehydes is 1. The van der Waals surface area contributed by atoms with E-state index < -0.39 is 17.7 Å². The van der Waals surface area contributed by atoms with Gasteiger partial charge in [-0.2, -0.15) is 13.2 Å². The van der Waals surface area contributed by atoms with Crippen molar-refractivity contribution in [3.63, 3.8) is 0 Å². The molecule has 0 aliphatic carbocycles. The van der Waals surface area contributed by atoms with E-state index in [0.29, 0.717) is 6.29 Å². The van der Waals surface area contributed by atoms with Gasteiger partial charge in [0.2, 0.25) is 0 Å². The Labute approximate surface area is 117 Å². The molecule has 0 aromatic carbocycles. The van der Waals surface area contributed by atoms with E-state index in [-0.39, 0.29) is 29.9 Å². The van der Waals surface area contributed by atoms with Crippen molar-refractivity contribution in [2.45, 2.75) is 19.5 Å². The number of esters is 1. The molecule has 112 valence electrons. The fourth-order valence-corrected chi connectivity index (χ4v) is 1.86. The first-order valence-electron chi connectivity index (χ1n) is 6.04. The molecule has 2 heterocycles. The minimum absolute atomic E-state index is 0.0669. The summed E-state index contributed by atoms with van der Waals surface area (Å²) >= 11 is 0. The highest BCUT2D eigenvalue weighted by atomic mass is 19.4. The average molecular weight is 300 g/mol. The van der Waals surface area contributed by atoms with E-state index in [2.05, 4.69) is 4.98 Å². The zero-order chi connectivity index (χ0) is 15.6. The predicted octanol–water partition coefficient (Wildman–Crippen LogP) is 2.27. The first kappa shape index (κ1) is 15.0. The van der Waals surface area contributed by atoms with Crippen molar-refractivity contribution >= 4 is 17.9 Å². The third kappa shape index (κ3) is 3.21. The fourth-order valence-electron chi connectivity index (χ4n) is 1.86. The quantitative estimate of drug-likeness (QED) is 0.642. The highest BCUT2D eigenvalue weighted by Gasteiger charge is 2.32. The second kappa shape index (κ2) is 5.55. The molecule has 0 spiro atoms. The first-order chi connectivity index (χ1) is 9.85. The van der Waals surface area contributed by atoms with Crippen molar-refractivity contribution in [2.75, 3.05) is 6.61 Å². The molecule has 0 amide bonds. The number of imidazole rings is 1. The molecular formula is C13H11F3N2O3. The number of pyridine rings is 1. The van der Waals surface area contributed by atoms with Crippen LogP contribution in [-0.4, -0.2) is 28.2 Å². The largest absolute Gasteiger partial charge is 0.466 e. The van der Waals surface area contributed by atoms with Crippen molar-refractivity contribution in [3.05, 3.63) is 35.3 Å². The van der Waals surface area contributed by atoms with Crippen LogP contribution in [0.15, 0.2) is 18.5 Å². The van der Waals surface area contributed by atoms with Gasteiger partial charge in [0.15, 0.2) is 6.29 Å². The molecule has 8 heteroatoms. The van der Waals surface area contributed by atoms with Crippen LogP contribution in [0, 0.1) is 0 Å². The molecule has 21 heavy (non-hydrogen) atoms. The predicted molar refractivity (Wildman–Crippen MR) is 65.9 cm³/mol. The molecule has 0 fully saturated rings. The minimum Gasteiger partial charge on any atom is -0.466 e. The number of carbonyl (C=O) groups is 2. The molecule has 0 aliphatic rings. The summed E-state index contributed by atoms with van der Waals surface area (Å²) < 4.78 is 44.0. The van der Waals surface area contributed by atoms with Gasteiger partial charge < -0.3 is 9.14 Å². The van der Waals surface area contributed by atoms with E-state index in [9.17, 15) is 22.8 Å². The average Bonchev–Trinajstić information content (AvgIpc) is 2.78. The van der Waals surface area contributed by atoms with Crippen LogP contribution >= 0.6 is 0 Å². The molecule has 0 saturated carbocycles. The zero-order valence-electron chi connectivity index (χ0n) is 11.0. The molecule has 0 N–H and O–H groups in total. The van der Waals surface area contributed by atoms with E-state index in [0.717, 1.165) is 16.7 Å². The van der Waals surface area contributed by atoms with Crippen LogP contribution in [0.5, 0.6) is 0 Å². The van der Waals surface area contributed by atoms with Gasteiger partial charge in [-0.1, -0.05) is 0 Å². The van der Waals surface area contributed by atoms with Crippen LogP contribution in [0.4, 0.5) is 13.2 Å². The summed E-state index contributed by atoms with van der Waals surface area (Å²) in [7, 11) is 0. The van der Waals surface area contributed by atoms with Crippen molar-refractivity contribution in [1.29, 1.82) is 0 Å². The Morgan fingerprint density at radius 3 is 2.71 bits per heavy atom. The summed E-state index contributed by atoms with van der Waals surface area (Å²) in [5.74, 6) is -0.537. The van der Waals surface area contributed by atoms with Crippen LogP contribution in [0.25, 0.3) is 5.65 Å². The molecule has 0 atom stereocenters. The third-order valence-corrected chi connectivity index (χ3v) is 2.71. The Morgan fingerprint density at radius 1 is 1.43 bits per heavy atom. The number of fused-ring (bicyclic) bond motifs is 1. The summed E-state index contributed by atoms with van der Waals surface area (Å²) in [5, 5.41) is 0. The van der Waals surface area contributed by atoms with Crippen molar-refractivity contribution in [3.8, 4) is 0 Å². The first-order valence-corrected chi connectivity index (χ1v) is 6.04. The minimum atomic E-state index is -4.57. The Kier molecular flexibility index (Phi) is 3.97. The summed E-state index contributed by atoms with van der Waals surface area (Å²) in [6.45, 7) is 1.84. The standard InChI is InChI=1S/C13H11F3N2O3/c1-2-21-11(20)4-10-6-18-5-9(13(14,15)16)3-8(7-19)12(18)17-10/h3,5-7H,2,4H2,1H3. The van der Waals surface area contributed by atoms with Crippen LogP contribution in [-0.2, 0) is 22.1 Å². The van der Waals surface area contributed by atoms with E-state index >= 15 is 0 Å². The lowest BCUT2D eigenvalue weighted by molar-refractivity contribution is -0.142. The monoisotopic (exact) mass is 300 g/mol. The Morgan fingerprint density at radius 2 is 2.14 bits per heavy atom. The molecule has 2 aromatic rings. The van der Waals surface area contributed by atoms with E-state index in [1.165, 1.54) is 6.20 Å². The van der Waals surface area contributed by atoms with Gasteiger partial charge in [-0.25, -0.2) is 4.98 Å². The topological polar surface area (TPSA) is 60.7 Å². The molecule has 0 aliphatic heterocycles. The molecule has 0 radical (unpaired) electrons. The van der Waals surface area contributed by atoms with Gasteiger partial charge >= 0.3 is 12.1 Å². The summed E-state index contributed by atoms with van der Waals surface area (Å²) in [6.07, 6.45) is -2.35. The highest BCUT2D eigenvalue weighted by molar-refractivity contribution is 5.84. The van der Waals surface area contributed by atoms with E-state index in [1.807, 2.05) is 0 Å². The molecular weight excluding hydrogens is 289 g/mol. The number of aromatic nitrogens is 2. The molecule has 0 saturated heterocycles. The molecule has 2 aromatic heterocycles. The molecule has 2 rings (SSSR count). The van der Waals surface area contributed by atoms with E-state index in [1.54, 1.807) is 6.92 Å². The Hall–Kier alpha value is -2.38. The second-order valence-electron chi connectivity index (χ2n) is 4.24. The smallest absolute Gasteiger partial charge is 0.417 e. The lowest BCUT2D eigenvalue weighted by atomic mass is 10.2. The number of rotatable bonds is 4. The van der Waals surface area contributed by atoms with Crippen LogP contribution in [0.2, 0.25) is 0 Å². The Balaban J connectivity index is 2.46. The van der Waals surface area contributed by atoms with Gasteiger partial charge in [-0.15, -0.1) is 0 Å². The van der Waals surface area contributed by atoms with Gasteiger partial charge in [-0.3, -0.25) is 9.59 Å². The summed E-state index contributed by atoms with van der Waals surface area (Å²) in [5.41, 5.74) is -0.856. The normalized spacial score (nSPS) is 11.6. The fraction of sp³-hybridized carbons (Fsp3) is 0.308. The molecule has 0 bridgehead atoms. The number of alkyl halides is 3. The van der Waals surface area contributed by atoms with Crippen molar-refractivity contribution < 1.29 is 27.5 Å². The second-order valence-corrected chi connectivity index (χ2v) is 4.24. The SMILES string of the molecule is CCOC(=O)Cc1cn2cc(C(F)(F)F)cc(C=O)c2n1. The zero-order valence-corrected chi connectivity index (χ0v) is 11.0. The summed E-state index contributed by atoms with van der Waals surface area (Å²) in [6, 6.07) is 0.726. The van der Waals surface area contributed by atoms with Gasteiger partial charge in [0, 0.05) is 12.4 Å². The van der Waals surface area contributed by atoms with Crippen molar-refractivity contribution in [1.82, 2.24) is 9.38 Å². The lowest BCUT2D eigenvalue weighted by Gasteiger charge is -2.07.